The molecule has 0 aromatic heterocycles. The normalized spacial score (nSPS) is 21.5. The molecule has 0 aromatic carbocycles. The number of hydrogen-bond donors (Lipinski definition) is 7. The average Bonchev–Trinajstić information content (AvgIpc) is 3.19. The van der Waals surface area contributed by atoms with Crippen LogP contribution in [0.5, 0.6) is 0 Å². The molecule has 0 radical (unpaired) electrons. The summed E-state index contributed by atoms with van der Waals surface area (Å²) >= 11 is 5.49. The fraction of sp³-hybridized carbons (Fsp3) is 0.923. The van der Waals surface area contributed by atoms with E-state index in [1.165, 1.54) is 128 Å². The lowest BCUT2D eigenvalue weighted by molar-refractivity contribution is -0.110. The van der Waals surface area contributed by atoms with E-state index in [0.717, 1.165) is 19.4 Å². The van der Waals surface area contributed by atoms with Crippen LogP contribution in [0.25, 0.3) is 0 Å². The van der Waals surface area contributed by atoms with Gasteiger partial charge in [0.15, 0.2) is 5.11 Å². The van der Waals surface area contributed by atoms with Crippen LogP contribution in [0.4, 0.5) is 0 Å². The van der Waals surface area contributed by atoms with Crippen molar-refractivity contribution in [2.24, 2.45) is 0 Å². The Balaban J connectivity index is 2.06. The van der Waals surface area contributed by atoms with Gasteiger partial charge in [0.1, 0.15) is 18.3 Å². The molecule has 1 rings (SSSR count). The van der Waals surface area contributed by atoms with Gasteiger partial charge in [0.2, 0.25) is 0 Å². The predicted molar refractivity (Wildman–Crippen MR) is 203 cm³/mol. The third kappa shape index (κ3) is 23.6. The molecule has 0 fully saturated rings. The molecule has 0 bridgehead atoms. The predicted octanol–water partition coefficient (Wildman–Crippen LogP) is 7.37. The zero-order valence-corrected chi connectivity index (χ0v) is 31.7. The van der Waals surface area contributed by atoms with Gasteiger partial charge in [-0.15, -0.1) is 0 Å². The van der Waals surface area contributed by atoms with E-state index >= 15 is 0 Å². The van der Waals surface area contributed by atoms with Gasteiger partial charge in [-0.2, -0.15) is 0 Å². The van der Waals surface area contributed by atoms with Crippen LogP contribution in [-0.2, 0) is 4.74 Å². The first-order valence-electron chi connectivity index (χ1n) is 20.0. The molecule has 0 amide bonds. The van der Waals surface area contributed by atoms with Crippen molar-refractivity contribution < 1.29 is 30.3 Å². The Labute approximate surface area is 299 Å². The minimum absolute atomic E-state index is 0.00625. The van der Waals surface area contributed by atoms with Gasteiger partial charge in [-0.3, -0.25) is 0 Å². The Morgan fingerprint density at radius 3 is 1.62 bits per heavy atom. The molecule has 0 heterocycles. The van der Waals surface area contributed by atoms with Gasteiger partial charge < -0.3 is 40.9 Å². The molecule has 7 N–H and O–H groups in total. The molecule has 0 aromatic rings. The fourth-order valence-corrected chi connectivity index (χ4v) is 6.66. The number of aliphatic hydroxyl groups excluding tert-OH is 5. The zero-order valence-electron chi connectivity index (χ0n) is 30.8. The minimum atomic E-state index is -1.33. The highest BCUT2D eigenvalue weighted by molar-refractivity contribution is 7.80. The van der Waals surface area contributed by atoms with Gasteiger partial charge in [0, 0.05) is 13.0 Å². The van der Waals surface area contributed by atoms with Crippen molar-refractivity contribution in [3.63, 3.8) is 0 Å². The summed E-state index contributed by atoms with van der Waals surface area (Å²) in [5, 5.41) is 58.1. The van der Waals surface area contributed by atoms with Crippen molar-refractivity contribution in [1.82, 2.24) is 10.6 Å². The lowest BCUT2D eigenvalue weighted by Gasteiger charge is -2.30. The van der Waals surface area contributed by atoms with E-state index in [-0.39, 0.29) is 19.4 Å². The maximum Gasteiger partial charge on any atom is 0.166 e. The van der Waals surface area contributed by atoms with Crippen molar-refractivity contribution in [3.05, 3.63) is 12.2 Å². The van der Waals surface area contributed by atoms with Crippen LogP contribution in [0.1, 0.15) is 174 Å². The van der Waals surface area contributed by atoms with Crippen LogP contribution in [0.3, 0.4) is 0 Å². The number of aliphatic hydroxyl groups is 5. The molecule has 0 aliphatic heterocycles. The second-order valence-electron chi connectivity index (χ2n) is 14.3. The number of nitrogens with one attached hydrogen (secondary N) is 2. The lowest BCUT2D eigenvalue weighted by atomic mass is 10.0. The summed E-state index contributed by atoms with van der Waals surface area (Å²) in [6.45, 7) is 4.87. The summed E-state index contributed by atoms with van der Waals surface area (Å²) in [5.74, 6) is 0. The van der Waals surface area contributed by atoms with Crippen molar-refractivity contribution in [1.29, 1.82) is 0 Å². The van der Waals surface area contributed by atoms with Gasteiger partial charge in [-0.1, -0.05) is 161 Å². The topological polar surface area (TPSA) is 134 Å². The molecule has 8 nitrogen and oxygen atoms in total. The summed E-state index contributed by atoms with van der Waals surface area (Å²) in [7, 11) is 0. The van der Waals surface area contributed by atoms with E-state index < -0.39 is 42.7 Å². The molecule has 0 spiro atoms. The third-order valence-corrected chi connectivity index (χ3v) is 10.1. The molecule has 0 saturated carbocycles. The van der Waals surface area contributed by atoms with E-state index in [1.54, 1.807) is 12.2 Å². The SMILES string of the molecule is CCCCCCCCCCCCCCCCCCCCCCCCNC(=S)NC(COC1C=CCC(O)C(O)C1O)C(O)CC(O)CC. The van der Waals surface area contributed by atoms with Crippen LogP contribution in [0, 0.1) is 0 Å². The molecule has 48 heavy (non-hydrogen) atoms. The Bertz CT molecular complexity index is 775. The van der Waals surface area contributed by atoms with Crippen molar-refractivity contribution in [3.8, 4) is 0 Å². The van der Waals surface area contributed by atoms with Gasteiger partial charge in [-0.05, 0) is 31.5 Å². The number of thiocarbonyl (C=S) groups is 1. The number of hydrogen-bond acceptors (Lipinski definition) is 7. The van der Waals surface area contributed by atoms with Crippen LogP contribution in [0.15, 0.2) is 12.2 Å². The second-order valence-corrected chi connectivity index (χ2v) is 14.7. The monoisotopic (exact) mass is 701 g/mol. The van der Waals surface area contributed by atoms with E-state index in [1.807, 2.05) is 6.92 Å². The highest BCUT2D eigenvalue weighted by Gasteiger charge is 2.33. The molecule has 7 atom stereocenters. The highest BCUT2D eigenvalue weighted by Crippen LogP contribution is 2.18. The largest absolute Gasteiger partial charge is 0.393 e. The van der Waals surface area contributed by atoms with Crippen LogP contribution >= 0.6 is 12.2 Å². The molecular weight excluding hydrogens is 625 g/mol. The maximum atomic E-state index is 10.8. The van der Waals surface area contributed by atoms with Crippen molar-refractivity contribution in [2.75, 3.05) is 13.2 Å². The Morgan fingerprint density at radius 1 is 0.708 bits per heavy atom. The number of unbranched alkanes of at least 4 members (excludes halogenated alkanes) is 21. The second kappa shape index (κ2) is 31.0. The lowest BCUT2D eigenvalue weighted by Crippen LogP contribution is -2.52. The molecule has 9 heteroatoms. The smallest absolute Gasteiger partial charge is 0.166 e. The Morgan fingerprint density at radius 2 is 1.17 bits per heavy atom. The standard InChI is InChI=1S/C39H76N2O6S/c1-3-5-6-7-8-9-10-11-12-13-14-15-16-17-18-19-20-21-22-23-24-25-29-40-39(48)41-33(35(44)30-32(42)4-2)31-47-36-28-26-27-34(43)37(45)38(36)46/h26,28,32-38,42-46H,3-25,27,29-31H2,1-2H3,(H2,40,41,48). The maximum absolute atomic E-state index is 10.8. The zero-order chi connectivity index (χ0) is 35.2. The van der Waals surface area contributed by atoms with Crippen molar-refractivity contribution in [2.45, 2.75) is 217 Å². The summed E-state index contributed by atoms with van der Waals surface area (Å²) in [4.78, 5) is 0. The van der Waals surface area contributed by atoms with E-state index in [0.29, 0.717) is 11.5 Å². The van der Waals surface area contributed by atoms with E-state index in [2.05, 4.69) is 17.6 Å². The summed E-state index contributed by atoms with van der Waals surface area (Å²) in [6.07, 6.45) is 28.0. The average molecular weight is 701 g/mol. The summed E-state index contributed by atoms with van der Waals surface area (Å²) < 4.78 is 5.85. The Hall–Kier alpha value is -0.810. The van der Waals surface area contributed by atoms with Gasteiger partial charge in [0.05, 0.1) is 31.0 Å². The number of rotatable bonds is 31. The molecule has 7 unspecified atom stereocenters. The molecular formula is C39H76N2O6S. The minimum Gasteiger partial charge on any atom is -0.393 e. The van der Waals surface area contributed by atoms with E-state index in [9.17, 15) is 25.5 Å². The molecule has 284 valence electrons. The molecule has 1 aliphatic rings. The van der Waals surface area contributed by atoms with Crippen LogP contribution in [0.2, 0.25) is 0 Å². The fourth-order valence-electron chi connectivity index (χ4n) is 6.41. The quantitative estimate of drug-likeness (QED) is 0.0225. The first kappa shape index (κ1) is 45.2. The molecule has 1 aliphatic carbocycles. The number of ether oxygens (including phenoxy) is 1. The van der Waals surface area contributed by atoms with Crippen molar-refractivity contribution >= 4 is 17.3 Å². The summed E-state index contributed by atoms with van der Waals surface area (Å²) in [6, 6.07) is -0.623. The van der Waals surface area contributed by atoms with Gasteiger partial charge in [-0.25, -0.2) is 0 Å². The summed E-state index contributed by atoms with van der Waals surface area (Å²) in [5.41, 5.74) is 0. The first-order valence-corrected chi connectivity index (χ1v) is 20.4. The van der Waals surface area contributed by atoms with E-state index in [4.69, 9.17) is 17.0 Å². The van der Waals surface area contributed by atoms with Crippen LogP contribution < -0.4 is 10.6 Å². The highest BCUT2D eigenvalue weighted by atomic mass is 32.1. The van der Waals surface area contributed by atoms with Gasteiger partial charge >= 0.3 is 0 Å². The third-order valence-electron chi connectivity index (χ3n) is 9.83. The van der Waals surface area contributed by atoms with Crippen LogP contribution in [-0.4, -0.2) is 86.5 Å². The molecule has 0 saturated heterocycles. The van der Waals surface area contributed by atoms with Gasteiger partial charge in [0.25, 0.3) is 0 Å². The Kier molecular flexibility index (Phi) is 29.2. The first-order chi connectivity index (χ1) is 23.3.